The number of benzene rings is 2. The van der Waals surface area contributed by atoms with Crippen molar-refractivity contribution in [3.8, 4) is 0 Å². The largest absolute Gasteiger partial charge is 0.355 e. The topological polar surface area (TPSA) is 58.2 Å². The van der Waals surface area contributed by atoms with Crippen molar-refractivity contribution in [1.29, 1.82) is 0 Å². The zero-order valence-corrected chi connectivity index (χ0v) is 16.7. The van der Waals surface area contributed by atoms with Crippen molar-refractivity contribution in [3.63, 3.8) is 0 Å². The molecule has 0 unspecified atom stereocenters. The number of rotatable bonds is 9. The van der Waals surface area contributed by atoms with Gasteiger partial charge in [0.15, 0.2) is 0 Å². The number of ketones is 1. The molecule has 0 bridgehead atoms. The molecule has 2 aromatic carbocycles. The van der Waals surface area contributed by atoms with Crippen molar-refractivity contribution in [2.45, 2.75) is 59.4 Å². The summed E-state index contributed by atoms with van der Waals surface area (Å²) in [6, 6.07) is 13.6. The average molecular weight is 417 g/mol. The SMILES string of the molecule is C.CCC(=O)CC1(C(=O)NCc2ccc(Nc3ccccc3C(C)(F)F)cc2)CC1. The molecule has 0 saturated heterocycles. The lowest BCUT2D eigenvalue weighted by Crippen LogP contribution is -2.33. The summed E-state index contributed by atoms with van der Waals surface area (Å²) >= 11 is 0. The number of nitrogens with one attached hydrogen (secondary N) is 2. The van der Waals surface area contributed by atoms with Crippen LogP contribution in [0, 0.1) is 5.41 Å². The molecule has 0 heterocycles. The van der Waals surface area contributed by atoms with Crippen LogP contribution in [0.2, 0.25) is 0 Å². The lowest BCUT2D eigenvalue weighted by atomic mass is 9.97. The molecule has 0 aromatic heterocycles. The summed E-state index contributed by atoms with van der Waals surface area (Å²) in [4.78, 5) is 24.1. The number of hydrogen-bond donors (Lipinski definition) is 2. The molecule has 0 spiro atoms. The van der Waals surface area contributed by atoms with E-state index in [0.717, 1.165) is 25.3 Å². The Labute approximate surface area is 177 Å². The van der Waals surface area contributed by atoms with E-state index in [9.17, 15) is 18.4 Å². The zero-order valence-electron chi connectivity index (χ0n) is 16.7. The highest BCUT2D eigenvalue weighted by molar-refractivity contribution is 5.91. The van der Waals surface area contributed by atoms with Crippen LogP contribution in [0.15, 0.2) is 48.5 Å². The van der Waals surface area contributed by atoms with Gasteiger partial charge >= 0.3 is 0 Å². The lowest BCUT2D eigenvalue weighted by Gasteiger charge is -2.17. The van der Waals surface area contributed by atoms with Crippen LogP contribution in [0.5, 0.6) is 0 Å². The van der Waals surface area contributed by atoms with Gasteiger partial charge in [-0.2, -0.15) is 0 Å². The van der Waals surface area contributed by atoms with Gasteiger partial charge in [-0.05, 0) is 36.6 Å². The Hall–Kier alpha value is -2.76. The smallest absolute Gasteiger partial charge is 0.272 e. The Morgan fingerprint density at radius 3 is 2.27 bits per heavy atom. The number of alkyl halides is 2. The Balaban J connectivity index is 0.00000320. The minimum Gasteiger partial charge on any atom is -0.355 e. The number of carbonyl (C=O) groups excluding carboxylic acids is 2. The molecule has 162 valence electrons. The molecule has 1 fully saturated rings. The van der Waals surface area contributed by atoms with Gasteiger partial charge in [-0.3, -0.25) is 9.59 Å². The van der Waals surface area contributed by atoms with Crippen LogP contribution in [0.25, 0.3) is 0 Å². The van der Waals surface area contributed by atoms with Crippen molar-refractivity contribution in [1.82, 2.24) is 5.32 Å². The third-order valence-electron chi connectivity index (χ3n) is 5.35. The molecule has 4 nitrogen and oxygen atoms in total. The summed E-state index contributed by atoms with van der Waals surface area (Å²) in [5, 5.41) is 5.95. The quantitative estimate of drug-likeness (QED) is 0.532. The Kier molecular flexibility index (Phi) is 7.34. The van der Waals surface area contributed by atoms with Crippen molar-refractivity contribution < 1.29 is 18.4 Å². The molecule has 3 rings (SSSR count). The van der Waals surface area contributed by atoms with Crippen LogP contribution in [0.4, 0.5) is 20.2 Å². The van der Waals surface area contributed by atoms with E-state index in [2.05, 4.69) is 10.6 Å². The summed E-state index contributed by atoms with van der Waals surface area (Å²) in [6.45, 7) is 3.05. The van der Waals surface area contributed by atoms with Gasteiger partial charge in [-0.15, -0.1) is 0 Å². The van der Waals surface area contributed by atoms with Crippen LogP contribution in [-0.4, -0.2) is 11.7 Å². The summed E-state index contributed by atoms with van der Waals surface area (Å²) in [5.41, 5.74) is 1.37. The molecule has 0 aliphatic heterocycles. The van der Waals surface area contributed by atoms with Crippen molar-refractivity contribution in [2.24, 2.45) is 5.41 Å². The van der Waals surface area contributed by atoms with Crippen LogP contribution in [-0.2, 0) is 22.1 Å². The highest BCUT2D eigenvalue weighted by Crippen LogP contribution is 2.49. The monoisotopic (exact) mass is 416 g/mol. The highest BCUT2D eigenvalue weighted by atomic mass is 19.3. The lowest BCUT2D eigenvalue weighted by molar-refractivity contribution is -0.130. The van der Waals surface area contributed by atoms with E-state index < -0.39 is 11.3 Å². The Bertz CT molecular complexity index is 885. The number of anilines is 2. The van der Waals surface area contributed by atoms with E-state index in [-0.39, 0.29) is 24.7 Å². The first-order chi connectivity index (χ1) is 13.7. The fraction of sp³-hybridized carbons (Fsp3) is 0.417. The van der Waals surface area contributed by atoms with Gasteiger partial charge in [0.2, 0.25) is 5.91 Å². The maximum absolute atomic E-state index is 13.8. The molecule has 30 heavy (non-hydrogen) atoms. The molecule has 6 heteroatoms. The van der Waals surface area contributed by atoms with E-state index in [1.807, 2.05) is 19.1 Å². The third kappa shape index (κ3) is 5.65. The molecule has 2 aromatic rings. The van der Waals surface area contributed by atoms with Crippen LogP contribution < -0.4 is 10.6 Å². The predicted molar refractivity (Wildman–Crippen MR) is 116 cm³/mol. The van der Waals surface area contributed by atoms with Gasteiger partial charge in [0.25, 0.3) is 5.92 Å². The number of amides is 1. The van der Waals surface area contributed by atoms with Gasteiger partial charge in [0, 0.05) is 43.2 Å². The Morgan fingerprint density at radius 2 is 1.70 bits per heavy atom. The molecular formula is C24H30F2N2O2. The summed E-state index contributed by atoms with van der Waals surface area (Å²) in [6.07, 6.45) is 2.29. The van der Waals surface area contributed by atoms with E-state index >= 15 is 0 Å². The zero-order chi connectivity index (χ0) is 21.1. The van der Waals surface area contributed by atoms with Crippen LogP contribution in [0.1, 0.15) is 58.1 Å². The minimum absolute atomic E-state index is 0. The summed E-state index contributed by atoms with van der Waals surface area (Å²) < 4.78 is 27.5. The standard InChI is InChI=1S/C23H26F2N2O2.CH4/c1-3-18(28)14-23(12-13-23)21(29)26-15-16-8-10-17(11-9-16)27-20-7-5-4-6-19(20)22(2,24)25;/h4-11,27H,3,12-15H2,1-2H3,(H,26,29);1H4. The molecule has 1 aliphatic carbocycles. The number of carbonyl (C=O) groups is 2. The fourth-order valence-corrected chi connectivity index (χ4v) is 3.34. The molecule has 2 N–H and O–H groups in total. The van der Waals surface area contributed by atoms with Gasteiger partial charge in [0.1, 0.15) is 5.78 Å². The van der Waals surface area contributed by atoms with E-state index in [1.54, 1.807) is 30.3 Å². The molecule has 0 atom stereocenters. The molecular weight excluding hydrogens is 386 g/mol. The predicted octanol–water partition coefficient (Wildman–Crippen LogP) is 5.94. The number of hydrogen-bond acceptors (Lipinski definition) is 3. The second-order valence-corrected chi connectivity index (χ2v) is 7.79. The van der Waals surface area contributed by atoms with Crippen LogP contribution in [0.3, 0.4) is 0 Å². The Morgan fingerprint density at radius 1 is 1.07 bits per heavy atom. The van der Waals surface area contributed by atoms with Crippen molar-refractivity contribution >= 4 is 23.1 Å². The maximum Gasteiger partial charge on any atom is 0.272 e. The second-order valence-electron chi connectivity index (χ2n) is 7.79. The van der Waals surface area contributed by atoms with Gasteiger partial charge in [-0.25, -0.2) is 8.78 Å². The molecule has 1 amide bonds. The minimum atomic E-state index is -2.94. The van der Waals surface area contributed by atoms with E-state index in [1.165, 1.54) is 6.07 Å². The van der Waals surface area contributed by atoms with Gasteiger partial charge in [-0.1, -0.05) is 44.7 Å². The van der Waals surface area contributed by atoms with Crippen molar-refractivity contribution in [2.75, 3.05) is 5.32 Å². The summed E-state index contributed by atoms with van der Waals surface area (Å²) in [5.74, 6) is -2.89. The second kappa shape index (κ2) is 9.37. The molecule has 1 saturated carbocycles. The van der Waals surface area contributed by atoms with Crippen LogP contribution >= 0.6 is 0 Å². The highest BCUT2D eigenvalue weighted by Gasteiger charge is 2.50. The molecule has 1 aliphatic rings. The first kappa shape index (κ1) is 23.5. The molecule has 0 radical (unpaired) electrons. The maximum atomic E-state index is 13.8. The third-order valence-corrected chi connectivity index (χ3v) is 5.35. The average Bonchev–Trinajstić information content (AvgIpc) is 3.47. The first-order valence-electron chi connectivity index (χ1n) is 9.87. The van der Waals surface area contributed by atoms with E-state index in [4.69, 9.17) is 0 Å². The number of halogens is 2. The van der Waals surface area contributed by atoms with Gasteiger partial charge in [0.05, 0.1) is 5.41 Å². The number of Topliss-reactive ketones (excluding diaryl/α,β-unsaturated/α-hetero) is 1. The summed E-state index contributed by atoms with van der Waals surface area (Å²) in [7, 11) is 0. The van der Waals surface area contributed by atoms with Crippen molar-refractivity contribution in [3.05, 3.63) is 59.7 Å². The number of para-hydroxylation sites is 1. The fourth-order valence-electron chi connectivity index (χ4n) is 3.34. The van der Waals surface area contributed by atoms with E-state index in [0.29, 0.717) is 30.8 Å². The first-order valence-corrected chi connectivity index (χ1v) is 9.87. The normalized spacial score (nSPS) is 14.4. The van der Waals surface area contributed by atoms with Gasteiger partial charge < -0.3 is 10.6 Å².